The Balaban J connectivity index is 4.31. The number of hydrogen-bond donors (Lipinski definition) is 1. The van der Waals surface area contributed by atoms with Gasteiger partial charge in [-0.1, -0.05) is 117 Å². The number of esters is 3. The predicted octanol–water partition coefficient (Wildman–Crippen LogP) is 8.08. The highest BCUT2D eigenvalue weighted by molar-refractivity contribution is 5.72. The fraction of sp³-hybridized carbons (Fsp3) is 0.875. The van der Waals surface area contributed by atoms with Crippen LogP contribution in [-0.2, 0) is 33.4 Å². The number of carbonyl (C=O) groups is 4. The Kier molecular flexibility index (Phi) is 26.9. The lowest BCUT2D eigenvalue weighted by Crippen LogP contribution is -2.30. The third-order valence-corrected chi connectivity index (χ3v) is 6.90. The molecule has 1 N–H and O–H groups in total. The summed E-state index contributed by atoms with van der Waals surface area (Å²) in [6, 6.07) is 0. The van der Waals surface area contributed by atoms with Crippen LogP contribution in [0.5, 0.6) is 0 Å². The van der Waals surface area contributed by atoms with Crippen LogP contribution in [0, 0.1) is 0 Å². The van der Waals surface area contributed by atoms with Crippen LogP contribution in [0.1, 0.15) is 162 Å². The number of carboxylic acid groups (broad SMARTS) is 1. The molecule has 1 unspecified atom stereocenters. The molecular weight excluding hydrogens is 512 g/mol. The molecule has 0 radical (unpaired) electrons. The van der Waals surface area contributed by atoms with Gasteiger partial charge in [-0.2, -0.15) is 0 Å². The minimum atomic E-state index is -0.977. The lowest BCUT2D eigenvalue weighted by molar-refractivity contribution is -0.167. The summed E-state index contributed by atoms with van der Waals surface area (Å²) in [6.45, 7) is 4.03. The van der Waals surface area contributed by atoms with E-state index in [-0.39, 0.29) is 44.9 Å². The summed E-state index contributed by atoms with van der Waals surface area (Å²) in [4.78, 5) is 47.2. The minimum Gasteiger partial charge on any atom is -0.481 e. The van der Waals surface area contributed by atoms with Gasteiger partial charge in [0.05, 0.1) is 0 Å². The van der Waals surface area contributed by atoms with Crippen molar-refractivity contribution in [1.29, 1.82) is 0 Å². The van der Waals surface area contributed by atoms with Crippen molar-refractivity contribution in [3.05, 3.63) is 0 Å². The summed E-state index contributed by atoms with van der Waals surface area (Å²) in [5.74, 6) is -2.29. The molecule has 0 bridgehead atoms. The summed E-state index contributed by atoms with van der Waals surface area (Å²) in [5, 5.41) is 8.71. The molecule has 0 amide bonds. The van der Waals surface area contributed by atoms with E-state index in [1.807, 2.05) is 0 Å². The molecule has 0 fully saturated rings. The van der Waals surface area contributed by atoms with Crippen molar-refractivity contribution >= 4 is 23.9 Å². The monoisotopic (exact) mass is 570 g/mol. The molecule has 0 aromatic carbocycles. The molecular formula is C32H58O8. The molecule has 0 aromatic rings. The molecule has 8 nitrogen and oxygen atoms in total. The summed E-state index contributed by atoms with van der Waals surface area (Å²) in [5.41, 5.74) is 0. The quantitative estimate of drug-likeness (QED) is 0.0545. The van der Waals surface area contributed by atoms with Gasteiger partial charge in [-0.25, -0.2) is 0 Å². The van der Waals surface area contributed by atoms with Gasteiger partial charge in [0.2, 0.25) is 0 Å². The van der Waals surface area contributed by atoms with Crippen LogP contribution in [0.3, 0.4) is 0 Å². The number of ether oxygens (including phenoxy) is 3. The summed E-state index contributed by atoms with van der Waals surface area (Å²) >= 11 is 0. The van der Waals surface area contributed by atoms with Gasteiger partial charge >= 0.3 is 23.9 Å². The number of aliphatic carboxylic acids is 1. The average molecular weight is 571 g/mol. The van der Waals surface area contributed by atoms with Crippen molar-refractivity contribution in [2.75, 3.05) is 13.2 Å². The Morgan fingerprint density at radius 2 is 0.825 bits per heavy atom. The highest BCUT2D eigenvalue weighted by Gasteiger charge is 2.19. The Morgan fingerprint density at radius 1 is 0.475 bits per heavy atom. The smallest absolute Gasteiger partial charge is 0.306 e. The van der Waals surface area contributed by atoms with Crippen LogP contribution in [0.2, 0.25) is 0 Å². The van der Waals surface area contributed by atoms with E-state index in [1.165, 1.54) is 77.0 Å². The van der Waals surface area contributed by atoms with Crippen LogP contribution >= 0.6 is 0 Å². The van der Waals surface area contributed by atoms with E-state index >= 15 is 0 Å². The molecule has 0 heterocycles. The SMILES string of the molecule is CCCCCCCCCCCC(=O)OCC(COC(=O)CCCC(=O)O)OC(=O)CCCCCCCCCCC. The van der Waals surface area contributed by atoms with Crippen molar-refractivity contribution < 1.29 is 38.5 Å². The Labute approximate surface area is 243 Å². The molecule has 0 aliphatic rings. The molecule has 0 aliphatic carbocycles. The second-order valence-electron chi connectivity index (χ2n) is 10.9. The minimum absolute atomic E-state index is 0.0379. The van der Waals surface area contributed by atoms with Gasteiger partial charge in [-0.3, -0.25) is 19.2 Å². The van der Waals surface area contributed by atoms with E-state index < -0.39 is 24.0 Å². The zero-order chi connectivity index (χ0) is 29.7. The maximum atomic E-state index is 12.4. The van der Waals surface area contributed by atoms with Crippen molar-refractivity contribution in [2.45, 2.75) is 168 Å². The molecule has 40 heavy (non-hydrogen) atoms. The van der Waals surface area contributed by atoms with Gasteiger partial charge in [0.1, 0.15) is 13.2 Å². The van der Waals surface area contributed by atoms with Crippen molar-refractivity contribution in [3.63, 3.8) is 0 Å². The van der Waals surface area contributed by atoms with Gasteiger partial charge in [-0.15, -0.1) is 0 Å². The highest BCUT2D eigenvalue weighted by Crippen LogP contribution is 2.13. The zero-order valence-electron chi connectivity index (χ0n) is 25.6. The van der Waals surface area contributed by atoms with Crippen LogP contribution in [0.4, 0.5) is 0 Å². The van der Waals surface area contributed by atoms with Crippen LogP contribution in [0.15, 0.2) is 0 Å². The summed E-state index contributed by atoms with van der Waals surface area (Å²) in [7, 11) is 0. The Hall–Kier alpha value is -2.12. The number of unbranched alkanes of at least 4 members (excludes halogenated alkanes) is 16. The topological polar surface area (TPSA) is 116 Å². The lowest BCUT2D eigenvalue weighted by atomic mass is 10.1. The molecule has 0 aliphatic heterocycles. The molecule has 0 spiro atoms. The first-order valence-corrected chi connectivity index (χ1v) is 16.1. The number of carbonyl (C=O) groups excluding carboxylic acids is 3. The largest absolute Gasteiger partial charge is 0.481 e. The van der Waals surface area contributed by atoms with Crippen molar-refractivity contribution in [2.24, 2.45) is 0 Å². The molecule has 1 atom stereocenters. The van der Waals surface area contributed by atoms with E-state index in [0.717, 1.165) is 38.5 Å². The van der Waals surface area contributed by atoms with Crippen LogP contribution in [-0.4, -0.2) is 48.3 Å². The van der Waals surface area contributed by atoms with E-state index in [0.29, 0.717) is 6.42 Å². The molecule has 0 aromatic heterocycles. The number of hydrogen-bond acceptors (Lipinski definition) is 7. The Morgan fingerprint density at radius 3 is 1.23 bits per heavy atom. The maximum absolute atomic E-state index is 12.4. The molecule has 0 saturated heterocycles. The molecule has 0 rings (SSSR count). The highest BCUT2D eigenvalue weighted by atomic mass is 16.6. The Bertz CT molecular complexity index is 649. The normalized spacial score (nSPS) is 11.7. The second kappa shape index (κ2) is 28.4. The van der Waals surface area contributed by atoms with Gasteiger partial charge in [-0.05, 0) is 19.3 Å². The average Bonchev–Trinajstić information content (AvgIpc) is 2.92. The number of rotatable bonds is 29. The number of carboxylic acids is 1. The third-order valence-electron chi connectivity index (χ3n) is 6.90. The molecule has 0 saturated carbocycles. The first kappa shape index (κ1) is 37.9. The fourth-order valence-electron chi connectivity index (χ4n) is 4.42. The van der Waals surface area contributed by atoms with E-state index in [1.54, 1.807) is 0 Å². The van der Waals surface area contributed by atoms with Crippen LogP contribution in [0.25, 0.3) is 0 Å². The standard InChI is InChI=1S/C32H58O8/c1-3-5-7-9-11-13-15-17-19-23-30(35)38-26-28(27-39-31(36)25-21-22-29(33)34)40-32(37)24-20-18-16-14-12-10-8-6-4-2/h28H,3-27H2,1-2H3,(H,33,34). The van der Waals surface area contributed by atoms with Gasteiger partial charge < -0.3 is 19.3 Å². The summed E-state index contributed by atoms with van der Waals surface area (Å²) < 4.78 is 16.0. The first-order valence-electron chi connectivity index (χ1n) is 16.1. The van der Waals surface area contributed by atoms with Crippen molar-refractivity contribution in [1.82, 2.24) is 0 Å². The van der Waals surface area contributed by atoms with Crippen LogP contribution < -0.4 is 0 Å². The zero-order valence-corrected chi connectivity index (χ0v) is 25.6. The van der Waals surface area contributed by atoms with Gasteiger partial charge in [0.25, 0.3) is 0 Å². The summed E-state index contributed by atoms with van der Waals surface area (Å²) in [6.07, 6.45) is 20.4. The third kappa shape index (κ3) is 27.4. The van der Waals surface area contributed by atoms with Gasteiger partial charge in [0.15, 0.2) is 6.10 Å². The molecule has 234 valence electrons. The van der Waals surface area contributed by atoms with E-state index in [9.17, 15) is 19.2 Å². The second-order valence-corrected chi connectivity index (χ2v) is 10.9. The first-order chi connectivity index (χ1) is 19.4. The fourth-order valence-corrected chi connectivity index (χ4v) is 4.42. The van der Waals surface area contributed by atoms with E-state index in [4.69, 9.17) is 19.3 Å². The lowest BCUT2D eigenvalue weighted by Gasteiger charge is -2.18. The molecule has 8 heteroatoms. The van der Waals surface area contributed by atoms with Gasteiger partial charge in [0, 0.05) is 25.7 Å². The maximum Gasteiger partial charge on any atom is 0.306 e. The predicted molar refractivity (Wildman–Crippen MR) is 157 cm³/mol. The van der Waals surface area contributed by atoms with Crippen molar-refractivity contribution in [3.8, 4) is 0 Å². The van der Waals surface area contributed by atoms with E-state index in [2.05, 4.69) is 13.8 Å².